The van der Waals surface area contributed by atoms with Gasteiger partial charge < -0.3 is 5.11 Å². The summed E-state index contributed by atoms with van der Waals surface area (Å²) in [4.78, 5) is 2.39. The van der Waals surface area contributed by atoms with Crippen molar-refractivity contribution in [1.82, 2.24) is 4.90 Å². The van der Waals surface area contributed by atoms with Gasteiger partial charge in [-0.2, -0.15) is 0 Å². The van der Waals surface area contributed by atoms with Gasteiger partial charge in [-0.15, -0.1) is 0 Å². The third kappa shape index (κ3) is 2.69. The van der Waals surface area contributed by atoms with Gasteiger partial charge in [-0.05, 0) is 37.1 Å². The summed E-state index contributed by atoms with van der Waals surface area (Å²) in [6, 6.07) is 5.25. The van der Waals surface area contributed by atoms with E-state index in [0.29, 0.717) is 10.8 Å². The molecule has 1 N–H and O–H groups in total. The molecule has 1 unspecified atom stereocenters. The maximum Gasteiger partial charge on any atom is 0.120 e. The highest BCUT2D eigenvalue weighted by molar-refractivity contribution is 6.30. The molecular weight excluding hydrogens is 222 g/mol. The molecule has 2 nitrogen and oxygen atoms in total. The van der Waals surface area contributed by atoms with Crippen LogP contribution >= 0.6 is 11.6 Å². The lowest BCUT2D eigenvalue weighted by molar-refractivity contribution is 0.309. The third-order valence-electron chi connectivity index (χ3n) is 3.38. The Morgan fingerprint density at radius 1 is 1.50 bits per heavy atom. The molecule has 0 aromatic heterocycles. The molecule has 88 valence electrons. The van der Waals surface area contributed by atoms with E-state index in [2.05, 4.69) is 11.8 Å². The van der Waals surface area contributed by atoms with Crippen molar-refractivity contribution < 1.29 is 5.11 Å². The van der Waals surface area contributed by atoms with Crippen LogP contribution in [-0.4, -0.2) is 23.1 Å². The van der Waals surface area contributed by atoms with Gasteiger partial charge in [-0.3, -0.25) is 4.90 Å². The molecule has 16 heavy (non-hydrogen) atoms. The van der Waals surface area contributed by atoms with Gasteiger partial charge in [0.25, 0.3) is 0 Å². The van der Waals surface area contributed by atoms with Gasteiger partial charge in [0.1, 0.15) is 5.75 Å². The number of halogens is 1. The first-order valence-electron chi connectivity index (χ1n) is 5.88. The topological polar surface area (TPSA) is 23.5 Å². The Bertz CT molecular complexity index is 367. The first kappa shape index (κ1) is 11.7. The Kier molecular flexibility index (Phi) is 3.72. The van der Waals surface area contributed by atoms with Crippen molar-refractivity contribution in [1.29, 1.82) is 0 Å². The van der Waals surface area contributed by atoms with Crippen molar-refractivity contribution in [2.75, 3.05) is 13.1 Å². The van der Waals surface area contributed by atoms with Crippen LogP contribution in [0.4, 0.5) is 0 Å². The standard InChI is InChI=1S/C13H18ClNO/c1-2-10-5-6-15(8-10)9-11-7-12(14)3-4-13(11)16/h3-4,7,10,16H,2,5-6,8-9H2,1H3. The fourth-order valence-corrected chi connectivity index (χ4v) is 2.51. The number of hydrogen-bond donors (Lipinski definition) is 1. The number of benzene rings is 1. The Hall–Kier alpha value is -0.730. The lowest BCUT2D eigenvalue weighted by Crippen LogP contribution is -2.20. The van der Waals surface area contributed by atoms with Crippen molar-refractivity contribution in [3.05, 3.63) is 28.8 Å². The van der Waals surface area contributed by atoms with Gasteiger partial charge in [-0.25, -0.2) is 0 Å². The monoisotopic (exact) mass is 239 g/mol. The third-order valence-corrected chi connectivity index (χ3v) is 3.62. The SMILES string of the molecule is CCC1CCN(Cc2cc(Cl)ccc2O)C1. The summed E-state index contributed by atoms with van der Waals surface area (Å²) >= 11 is 5.93. The number of phenols is 1. The van der Waals surface area contributed by atoms with Crippen molar-refractivity contribution in [2.24, 2.45) is 5.92 Å². The minimum Gasteiger partial charge on any atom is -0.508 e. The second-order valence-electron chi connectivity index (χ2n) is 4.57. The number of rotatable bonds is 3. The summed E-state index contributed by atoms with van der Waals surface area (Å²) < 4.78 is 0. The first-order valence-corrected chi connectivity index (χ1v) is 6.26. The Balaban J connectivity index is 2.01. The van der Waals surface area contributed by atoms with E-state index in [1.54, 1.807) is 12.1 Å². The zero-order valence-electron chi connectivity index (χ0n) is 9.62. The predicted molar refractivity (Wildman–Crippen MR) is 66.8 cm³/mol. The van der Waals surface area contributed by atoms with Crippen molar-refractivity contribution in [2.45, 2.75) is 26.3 Å². The van der Waals surface area contributed by atoms with Crippen LogP contribution in [0.3, 0.4) is 0 Å². The summed E-state index contributed by atoms with van der Waals surface area (Å²) in [6.45, 7) is 5.32. The van der Waals surface area contributed by atoms with Crippen LogP contribution in [-0.2, 0) is 6.54 Å². The van der Waals surface area contributed by atoms with E-state index >= 15 is 0 Å². The normalized spacial score (nSPS) is 21.5. The zero-order valence-corrected chi connectivity index (χ0v) is 10.4. The van der Waals surface area contributed by atoms with E-state index < -0.39 is 0 Å². The van der Waals surface area contributed by atoms with Crippen LogP contribution in [0.2, 0.25) is 5.02 Å². The highest BCUT2D eigenvalue weighted by Crippen LogP contribution is 2.26. The molecule has 1 fully saturated rings. The lowest BCUT2D eigenvalue weighted by Gasteiger charge is -2.16. The van der Waals surface area contributed by atoms with Crippen LogP contribution in [0, 0.1) is 5.92 Å². The summed E-state index contributed by atoms with van der Waals surface area (Å²) in [5.41, 5.74) is 0.934. The molecule has 0 aliphatic carbocycles. The maximum absolute atomic E-state index is 9.73. The zero-order chi connectivity index (χ0) is 11.5. The van der Waals surface area contributed by atoms with Gasteiger partial charge in [0, 0.05) is 23.7 Å². The first-order chi connectivity index (χ1) is 7.69. The highest BCUT2D eigenvalue weighted by atomic mass is 35.5. The Labute approximate surface area is 102 Å². The minimum absolute atomic E-state index is 0.351. The van der Waals surface area contributed by atoms with Gasteiger partial charge in [-0.1, -0.05) is 24.9 Å². The number of phenolic OH excluding ortho intramolecular Hbond substituents is 1. The minimum atomic E-state index is 0.351. The largest absolute Gasteiger partial charge is 0.508 e. The molecule has 0 spiro atoms. The predicted octanol–water partition coefficient (Wildman–Crippen LogP) is 3.28. The quantitative estimate of drug-likeness (QED) is 0.875. The molecule has 1 aromatic rings. The maximum atomic E-state index is 9.73. The fraction of sp³-hybridized carbons (Fsp3) is 0.538. The smallest absolute Gasteiger partial charge is 0.120 e. The average Bonchev–Trinajstić information content (AvgIpc) is 2.71. The Morgan fingerprint density at radius 3 is 3.00 bits per heavy atom. The molecule has 0 radical (unpaired) electrons. The van der Waals surface area contributed by atoms with E-state index in [-0.39, 0.29) is 0 Å². The molecule has 1 aromatic carbocycles. The van der Waals surface area contributed by atoms with Gasteiger partial charge >= 0.3 is 0 Å². The molecule has 0 bridgehead atoms. The van der Waals surface area contributed by atoms with Gasteiger partial charge in [0.15, 0.2) is 0 Å². The van der Waals surface area contributed by atoms with Gasteiger partial charge in [0.05, 0.1) is 0 Å². The number of aromatic hydroxyl groups is 1. The van der Waals surface area contributed by atoms with Gasteiger partial charge in [0.2, 0.25) is 0 Å². The Morgan fingerprint density at radius 2 is 2.31 bits per heavy atom. The highest BCUT2D eigenvalue weighted by Gasteiger charge is 2.21. The molecule has 2 rings (SSSR count). The van der Waals surface area contributed by atoms with Crippen LogP contribution < -0.4 is 0 Å². The van der Waals surface area contributed by atoms with Crippen LogP contribution in [0.1, 0.15) is 25.3 Å². The van der Waals surface area contributed by atoms with E-state index in [0.717, 1.165) is 31.1 Å². The molecule has 1 saturated heterocycles. The van der Waals surface area contributed by atoms with Crippen LogP contribution in [0.25, 0.3) is 0 Å². The van der Waals surface area contributed by atoms with E-state index in [1.807, 2.05) is 6.07 Å². The van der Waals surface area contributed by atoms with Crippen LogP contribution in [0.15, 0.2) is 18.2 Å². The second-order valence-corrected chi connectivity index (χ2v) is 5.01. The summed E-state index contributed by atoms with van der Waals surface area (Å²) in [6.07, 6.45) is 2.52. The van der Waals surface area contributed by atoms with E-state index in [9.17, 15) is 5.11 Å². The molecule has 0 amide bonds. The molecule has 1 aliphatic heterocycles. The summed E-state index contributed by atoms with van der Waals surface area (Å²) in [5.74, 6) is 1.17. The summed E-state index contributed by atoms with van der Waals surface area (Å²) in [5, 5.41) is 10.4. The summed E-state index contributed by atoms with van der Waals surface area (Å²) in [7, 11) is 0. The van der Waals surface area contributed by atoms with Crippen LogP contribution in [0.5, 0.6) is 5.75 Å². The number of hydrogen-bond acceptors (Lipinski definition) is 2. The van der Waals surface area contributed by atoms with E-state index in [4.69, 9.17) is 11.6 Å². The van der Waals surface area contributed by atoms with Crippen molar-refractivity contribution >= 4 is 11.6 Å². The van der Waals surface area contributed by atoms with Crippen molar-refractivity contribution in [3.63, 3.8) is 0 Å². The molecule has 3 heteroatoms. The fourth-order valence-electron chi connectivity index (χ4n) is 2.31. The molecule has 1 atom stereocenters. The lowest BCUT2D eigenvalue weighted by atomic mass is 10.1. The number of nitrogens with zero attached hydrogens (tertiary/aromatic N) is 1. The van der Waals surface area contributed by atoms with E-state index in [1.165, 1.54) is 12.8 Å². The molecule has 1 heterocycles. The average molecular weight is 240 g/mol. The molecular formula is C13H18ClNO. The second kappa shape index (κ2) is 5.07. The molecule has 0 saturated carbocycles. The number of likely N-dealkylation sites (tertiary alicyclic amines) is 1. The van der Waals surface area contributed by atoms with Crippen molar-refractivity contribution in [3.8, 4) is 5.75 Å². The molecule has 1 aliphatic rings.